The van der Waals surface area contributed by atoms with Gasteiger partial charge in [-0.1, -0.05) is 36.4 Å². The van der Waals surface area contributed by atoms with Gasteiger partial charge in [0.15, 0.2) is 0 Å². The number of para-hydroxylation sites is 1. The van der Waals surface area contributed by atoms with Crippen LogP contribution >= 0.6 is 0 Å². The lowest BCUT2D eigenvalue weighted by atomic mass is 9.99. The zero-order valence-corrected chi connectivity index (χ0v) is 13.8. The van der Waals surface area contributed by atoms with E-state index in [1.807, 2.05) is 0 Å². The number of nitrogens with two attached hydrogens (primary N) is 1. The average Bonchev–Trinajstić information content (AvgIpc) is 2.63. The fraction of sp³-hybridized carbons (Fsp3) is 0.0500. The maximum Gasteiger partial charge on any atom is 0.307 e. The number of rotatable bonds is 5. The molecule has 1 heterocycles. The number of carboxylic acid groups (broad SMARTS) is 1. The highest BCUT2D eigenvalue weighted by molar-refractivity contribution is 6.03. The minimum absolute atomic E-state index is 0.0220. The molecule has 0 aliphatic carbocycles. The number of carboxylic acids is 1. The number of phenolic OH excluding ortho intramolecular Hbond substituents is 1. The normalized spacial score (nSPS) is 11.3. The summed E-state index contributed by atoms with van der Waals surface area (Å²) in [5.41, 5.74) is 9.17. The summed E-state index contributed by atoms with van der Waals surface area (Å²) in [5.74, 6) is -0.672. The summed E-state index contributed by atoms with van der Waals surface area (Å²) in [6.45, 7) is 0. The van der Waals surface area contributed by atoms with E-state index in [9.17, 15) is 9.90 Å². The van der Waals surface area contributed by atoms with Crippen molar-refractivity contribution in [2.24, 2.45) is 10.7 Å². The van der Waals surface area contributed by atoms with Crippen LogP contribution in [0.1, 0.15) is 11.1 Å². The van der Waals surface area contributed by atoms with Gasteiger partial charge in [-0.2, -0.15) is 0 Å². The first-order valence-electron chi connectivity index (χ1n) is 7.92. The molecule has 0 saturated carbocycles. The summed E-state index contributed by atoms with van der Waals surface area (Å²) in [6.07, 6.45) is 3.18. The van der Waals surface area contributed by atoms with Gasteiger partial charge in [-0.05, 0) is 29.3 Å². The second kappa shape index (κ2) is 7.48. The van der Waals surface area contributed by atoms with Crippen LogP contribution < -0.4 is 5.73 Å². The lowest BCUT2D eigenvalue weighted by molar-refractivity contribution is -0.136. The van der Waals surface area contributed by atoms with Crippen molar-refractivity contribution in [1.29, 1.82) is 0 Å². The van der Waals surface area contributed by atoms with Gasteiger partial charge in [-0.15, -0.1) is 0 Å². The van der Waals surface area contributed by atoms with Crippen molar-refractivity contribution in [3.05, 3.63) is 78.1 Å². The molecule has 0 saturated heterocycles. The van der Waals surface area contributed by atoms with E-state index in [4.69, 9.17) is 10.8 Å². The zero-order chi connectivity index (χ0) is 18.5. The number of aromatic hydroxyl groups is 1. The zero-order valence-electron chi connectivity index (χ0n) is 13.8. The monoisotopic (exact) mass is 347 g/mol. The fourth-order valence-electron chi connectivity index (χ4n) is 2.58. The molecule has 0 radical (unpaired) electrons. The highest BCUT2D eigenvalue weighted by atomic mass is 16.4. The Morgan fingerprint density at radius 1 is 1.04 bits per heavy atom. The van der Waals surface area contributed by atoms with Crippen LogP contribution in [-0.2, 0) is 11.2 Å². The molecule has 4 N–H and O–H groups in total. The molecular formula is C20H17N3O3. The third kappa shape index (κ3) is 3.87. The van der Waals surface area contributed by atoms with Crippen molar-refractivity contribution < 1.29 is 15.0 Å². The predicted molar refractivity (Wildman–Crippen MR) is 99.5 cm³/mol. The number of carbonyl (C=O) groups is 1. The Labute approximate surface area is 150 Å². The molecule has 0 atom stereocenters. The Bertz CT molecular complexity index is 952. The first-order valence-corrected chi connectivity index (χ1v) is 7.92. The van der Waals surface area contributed by atoms with Crippen LogP contribution in [-0.4, -0.2) is 27.0 Å². The van der Waals surface area contributed by atoms with Crippen LogP contribution in [0.15, 0.2) is 72.0 Å². The van der Waals surface area contributed by atoms with Crippen LogP contribution in [0.2, 0.25) is 0 Å². The first-order chi connectivity index (χ1) is 12.5. The molecule has 1 aromatic heterocycles. The number of hydrogen-bond acceptors (Lipinski definition) is 4. The van der Waals surface area contributed by atoms with Gasteiger partial charge in [-0.25, -0.2) is 4.99 Å². The third-order valence-electron chi connectivity index (χ3n) is 3.84. The highest BCUT2D eigenvalue weighted by Gasteiger charge is 2.12. The lowest BCUT2D eigenvalue weighted by Crippen LogP contribution is -2.13. The molecule has 130 valence electrons. The maximum atomic E-state index is 10.8. The summed E-state index contributed by atoms with van der Waals surface area (Å²) in [6, 6.07) is 15.7. The minimum atomic E-state index is -0.886. The van der Waals surface area contributed by atoms with Crippen LogP contribution in [0, 0.1) is 0 Å². The minimum Gasteiger partial charge on any atom is -0.507 e. The van der Waals surface area contributed by atoms with E-state index in [1.54, 1.807) is 67.0 Å². The largest absolute Gasteiger partial charge is 0.507 e. The SMILES string of the molecule is NC(=Nc1ccncc1)c1cccc(-c2ccc(CC(=O)O)cc2)c1O. The number of pyridine rings is 1. The number of benzene rings is 2. The lowest BCUT2D eigenvalue weighted by Gasteiger charge is -2.10. The third-order valence-corrected chi connectivity index (χ3v) is 3.84. The molecule has 3 aromatic rings. The van der Waals surface area contributed by atoms with E-state index in [-0.39, 0.29) is 18.0 Å². The molecule has 6 nitrogen and oxygen atoms in total. The standard InChI is InChI=1S/C20H17N3O3/c21-20(23-15-8-10-22-11-9-15)17-3-1-2-16(19(17)26)14-6-4-13(5-7-14)12-18(24)25/h1-11,26H,12H2,(H,24,25)(H2,21,22,23). The molecule has 0 spiro atoms. The van der Waals surface area contributed by atoms with Crippen molar-refractivity contribution in [3.8, 4) is 16.9 Å². The number of aromatic nitrogens is 1. The Balaban J connectivity index is 1.94. The van der Waals surface area contributed by atoms with Gasteiger partial charge < -0.3 is 15.9 Å². The van der Waals surface area contributed by atoms with E-state index >= 15 is 0 Å². The first kappa shape index (κ1) is 17.2. The number of nitrogens with zero attached hydrogens (tertiary/aromatic N) is 2. The topological polar surface area (TPSA) is 109 Å². The van der Waals surface area contributed by atoms with Crippen LogP contribution in [0.25, 0.3) is 11.1 Å². The number of aliphatic imine (C=N–C) groups is 1. The molecule has 26 heavy (non-hydrogen) atoms. The van der Waals surface area contributed by atoms with Gasteiger partial charge in [0, 0.05) is 18.0 Å². The van der Waals surface area contributed by atoms with Crippen molar-refractivity contribution >= 4 is 17.5 Å². The molecule has 0 bridgehead atoms. The summed E-state index contributed by atoms with van der Waals surface area (Å²) < 4.78 is 0. The molecule has 0 fully saturated rings. The molecule has 0 amide bonds. The van der Waals surface area contributed by atoms with Crippen molar-refractivity contribution in [2.45, 2.75) is 6.42 Å². The molecule has 2 aromatic carbocycles. The van der Waals surface area contributed by atoms with Crippen LogP contribution in [0.4, 0.5) is 5.69 Å². The number of amidine groups is 1. The molecule has 3 rings (SSSR count). The van der Waals surface area contributed by atoms with Crippen LogP contribution in [0.5, 0.6) is 5.75 Å². The summed E-state index contributed by atoms with van der Waals surface area (Å²) >= 11 is 0. The molecule has 0 aliphatic heterocycles. The number of aliphatic carboxylic acids is 1. The highest BCUT2D eigenvalue weighted by Crippen LogP contribution is 2.32. The van der Waals surface area contributed by atoms with E-state index in [2.05, 4.69) is 9.98 Å². The van der Waals surface area contributed by atoms with Gasteiger partial charge in [-0.3, -0.25) is 9.78 Å². The second-order valence-electron chi connectivity index (χ2n) is 5.67. The van der Waals surface area contributed by atoms with Gasteiger partial charge in [0.2, 0.25) is 0 Å². The smallest absolute Gasteiger partial charge is 0.307 e. The second-order valence-corrected chi connectivity index (χ2v) is 5.67. The van der Waals surface area contributed by atoms with Gasteiger partial charge in [0.25, 0.3) is 0 Å². The number of phenols is 1. The van der Waals surface area contributed by atoms with Gasteiger partial charge >= 0.3 is 5.97 Å². The Morgan fingerprint density at radius 2 is 1.73 bits per heavy atom. The molecule has 0 unspecified atom stereocenters. The van der Waals surface area contributed by atoms with E-state index in [0.29, 0.717) is 22.4 Å². The van der Waals surface area contributed by atoms with E-state index in [1.165, 1.54) is 0 Å². The number of hydrogen-bond donors (Lipinski definition) is 3. The molecule has 6 heteroatoms. The van der Waals surface area contributed by atoms with Crippen molar-refractivity contribution in [2.75, 3.05) is 0 Å². The van der Waals surface area contributed by atoms with E-state index < -0.39 is 5.97 Å². The average molecular weight is 347 g/mol. The summed E-state index contributed by atoms with van der Waals surface area (Å²) in [5, 5.41) is 19.5. The maximum absolute atomic E-state index is 10.8. The quantitative estimate of drug-likeness (QED) is 0.485. The predicted octanol–water partition coefficient (Wildman–Crippen LogP) is 3.12. The van der Waals surface area contributed by atoms with Crippen LogP contribution in [0.3, 0.4) is 0 Å². The Morgan fingerprint density at radius 3 is 2.38 bits per heavy atom. The summed E-state index contributed by atoms with van der Waals surface area (Å²) in [7, 11) is 0. The Kier molecular flexibility index (Phi) is 4.94. The van der Waals surface area contributed by atoms with Gasteiger partial charge in [0.05, 0.1) is 17.7 Å². The fourth-order valence-corrected chi connectivity index (χ4v) is 2.58. The summed E-state index contributed by atoms with van der Waals surface area (Å²) in [4.78, 5) is 19.0. The van der Waals surface area contributed by atoms with Crippen molar-refractivity contribution in [1.82, 2.24) is 4.98 Å². The van der Waals surface area contributed by atoms with E-state index in [0.717, 1.165) is 5.56 Å². The molecule has 0 aliphatic rings. The molecular weight excluding hydrogens is 330 g/mol. The van der Waals surface area contributed by atoms with Gasteiger partial charge in [0.1, 0.15) is 11.6 Å². The Hall–Kier alpha value is -3.67. The van der Waals surface area contributed by atoms with Crippen molar-refractivity contribution in [3.63, 3.8) is 0 Å².